The van der Waals surface area contributed by atoms with E-state index in [1.807, 2.05) is 54.6 Å². The zero-order chi connectivity index (χ0) is 13.8. The highest BCUT2D eigenvalue weighted by Crippen LogP contribution is 2.21. The largest absolute Gasteiger partial charge is 0.464 e. The molecule has 0 aliphatic carbocycles. The zero-order valence-electron chi connectivity index (χ0n) is 11.1. The minimum Gasteiger partial charge on any atom is -0.464 e. The second-order valence-corrected chi connectivity index (χ2v) is 4.78. The quantitative estimate of drug-likeness (QED) is 0.746. The number of hydrogen-bond donors (Lipinski definition) is 2. The fourth-order valence-electron chi connectivity index (χ4n) is 2.38. The number of aliphatic hydroxyl groups excluding tert-OH is 1. The number of furan rings is 1. The lowest BCUT2D eigenvalue weighted by Gasteiger charge is -2.16. The van der Waals surface area contributed by atoms with E-state index in [0.29, 0.717) is 6.54 Å². The molecule has 1 aromatic heterocycles. The molecule has 0 saturated heterocycles. The predicted molar refractivity (Wildman–Crippen MR) is 79.3 cm³/mol. The van der Waals surface area contributed by atoms with Crippen LogP contribution in [0.1, 0.15) is 17.2 Å². The van der Waals surface area contributed by atoms with Crippen LogP contribution in [0.3, 0.4) is 0 Å². The summed E-state index contributed by atoms with van der Waals surface area (Å²) < 4.78 is 5.52. The van der Waals surface area contributed by atoms with Crippen LogP contribution in [0.2, 0.25) is 0 Å². The molecule has 0 bridgehead atoms. The molecule has 0 fully saturated rings. The van der Waals surface area contributed by atoms with Gasteiger partial charge in [0, 0.05) is 17.5 Å². The van der Waals surface area contributed by atoms with Gasteiger partial charge < -0.3 is 14.8 Å². The Hall–Kier alpha value is -2.10. The Bertz CT molecular complexity index is 676. The van der Waals surface area contributed by atoms with Crippen molar-refractivity contribution in [1.29, 1.82) is 0 Å². The lowest BCUT2D eigenvalue weighted by atomic mass is 10.1. The molecule has 2 aromatic carbocycles. The Morgan fingerprint density at radius 3 is 2.55 bits per heavy atom. The maximum atomic E-state index is 9.54. The number of nitrogens with one attached hydrogen (secondary N) is 1. The highest BCUT2D eigenvalue weighted by molar-refractivity contribution is 5.80. The van der Waals surface area contributed by atoms with Gasteiger partial charge in [0.15, 0.2) is 0 Å². The van der Waals surface area contributed by atoms with Crippen LogP contribution in [0.15, 0.2) is 65.3 Å². The summed E-state index contributed by atoms with van der Waals surface area (Å²) in [7, 11) is 0. The Morgan fingerprint density at radius 2 is 1.75 bits per heavy atom. The van der Waals surface area contributed by atoms with Crippen molar-refractivity contribution in [2.24, 2.45) is 0 Å². The summed E-state index contributed by atoms with van der Waals surface area (Å²) >= 11 is 0. The number of aliphatic hydroxyl groups is 1. The number of hydrogen-bond acceptors (Lipinski definition) is 3. The molecule has 0 spiro atoms. The van der Waals surface area contributed by atoms with Crippen LogP contribution in [0, 0.1) is 0 Å². The average molecular weight is 267 g/mol. The molecule has 102 valence electrons. The summed E-state index contributed by atoms with van der Waals surface area (Å²) in [5.41, 5.74) is 3.09. The lowest BCUT2D eigenvalue weighted by molar-refractivity contribution is 0.243. The second kappa shape index (κ2) is 5.90. The molecule has 1 atom stereocenters. The molecule has 1 heterocycles. The van der Waals surface area contributed by atoms with Crippen molar-refractivity contribution in [2.75, 3.05) is 6.61 Å². The first-order valence-electron chi connectivity index (χ1n) is 6.73. The van der Waals surface area contributed by atoms with Crippen LogP contribution in [0.4, 0.5) is 0 Å². The first-order valence-corrected chi connectivity index (χ1v) is 6.73. The second-order valence-electron chi connectivity index (χ2n) is 4.78. The van der Waals surface area contributed by atoms with Crippen molar-refractivity contribution in [3.8, 4) is 0 Å². The first-order chi connectivity index (χ1) is 9.88. The average Bonchev–Trinajstić information content (AvgIpc) is 2.92. The van der Waals surface area contributed by atoms with Gasteiger partial charge in [-0.1, -0.05) is 48.5 Å². The normalized spacial score (nSPS) is 12.7. The fraction of sp³-hybridized carbons (Fsp3) is 0.176. The molecular formula is C17H17NO2. The van der Waals surface area contributed by atoms with Gasteiger partial charge in [-0.05, 0) is 11.6 Å². The van der Waals surface area contributed by atoms with E-state index < -0.39 is 0 Å². The van der Waals surface area contributed by atoms with E-state index in [9.17, 15) is 5.11 Å². The van der Waals surface area contributed by atoms with Crippen LogP contribution < -0.4 is 5.32 Å². The monoisotopic (exact) mass is 267 g/mol. The van der Waals surface area contributed by atoms with Crippen molar-refractivity contribution < 1.29 is 9.52 Å². The summed E-state index contributed by atoms with van der Waals surface area (Å²) in [5, 5.41) is 14.0. The molecule has 0 amide bonds. The highest BCUT2D eigenvalue weighted by Gasteiger charge is 2.11. The third kappa shape index (κ3) is 2.59. The van der Waals surface area contributed by atoms with Gasteiger partial charge >= 0.3 is 0 Å². The third-order valence-electron chi connectivity index (χ3n) is 3.48. The van der Waals surface area contributed by atoms with E-state index in [0.717, 1.165) is 22.1 Å². The SMILES string of the molecule is OCC(NCc1coc2ccccc12)c1ccccc1. The van der Waals surface area contributed by atoms with Crippen LogP contribution in [-0.2, 0) is 6.54 Å². The number of fused-ring (bicyclic) bond motifs is 1. The minimum absolute atomic E-state index is 0.0649. The van der Waals surface area contributed by atoms with Gasteiger partial charge in [0.25, 0.3) is 0 Å². The minimum atomic E-state index is -0.0649. The van der Waals surface area contributed by atoms with Crippen LogP contribution in [-0.4, -0.2) is 11.7 Å². The first kappa shape index (κ1) is 12.9. The van der Waals surface area contributed by atoms with Crippen LogP contribution in [0.25, 0.3) is 11.0 Å². The van der Waals surface area contributed by atoms with Crippen LogP contribution in [0.5, 0.6) is 0 Å². The zero-order valence-corrected chi connectivity index (χ0v) is 11.1. The Balaban J connectivity index is 1.75. The van der Waals surface area contributed by atoms with Gasteiger partial charge in [-0.2, -0.15) is 0 Å². The molecule has 20 heavy (non-hydrogen) atoms. The van der Waals surface area contributed by atoms with E-state index in [1.54, 1.807) is 6.26 Å². The maximum absolute atomic E-state index is 9.54. The number of rotatable bonds is 5. The molecule has 3 aromatic rings. The molecule has 0 radical (unpaired) electrons. The van der Waals surface area contributed by atoms with Crippen molar-refractivity contribution in [2.45, 2.75) is 12.6 Å². The molecule has 0 aliphatic heterocycles. The van der Waals surface area contributed by atoms with Crippen molar-refractivity contribution in [1.82, 2.24) is 5.32 Å². The van der Waals surface area contributed by atoms with E-state index in [-0.39, 0.29) is 12.6 Å². The van der Waals surface area contributed by atoms with Gasteiger partial charge in [0.05, 0.1) is 18.9 Å². The van der Waals surface area contributed by atoms with E-state index in [1.165, 1.54) is 0 Å². The summed E-state index contributed by atoms with van der Waals surface area (Å²) in [5.74, 6) is 0. The Morgan fingerprint density at radius 1 is 1.00 bits per heavy atom. The van der Waals surface area contributed by atoms with Gasteiger partial charge in [0.2, 0.25) is 0 Å². The molecular weight excluding hydrogens is 250 g/mol. The van der Waals surface area contributed by atoms with Gasteiger partial charge in [-0.3, -0.25) is 0 Å². The molecule has 3 rings (SSSR count). The van der Waals surface area contributed by atoms with Crippen molar-refractivity contribution in [3.63, 3.8) is 0 Å². The number of para-hydroxylation sites is 1. The summed E-state index contributed by atoms with van der Waals surface area (Å²) in [6.45, 7) is 0.733. The van der Waals surface area contributed by atoms with Gasteiger partial charge in [-0.25, -0.2) is 0 Å². The molecule has 0 saturated carbocycles. The third-order valence-corrected chi connectivity index (χ3v) is 3.48. The fourth-order valence-corrected chi connectivity index (χ4v) is 2.38. The van der Waals surface area contributed by atoms with Gasteiger partial charge in [-0.15, -0.1) is 0 Å². The molecule has 3 heteroatoms. The van der Waals surface area contributed by atoms with Crippen molar-refractivity contribution >= 4 is 11.0 Å². The van der Waals surface area contributed by atoms with E-state index >= 15 is 0 Å². The van der Waals surface area contributed by atoms with Gasteiger partial charge in [0.1, 0.15) is 5.58 Å². The Kier molecular flexibility index (Phi) is 3.81. The molecule has 2 N–H and O–H groups in total. The summed E-state index contributed by atoms with van der Waals surface area (Å²) in [4.78, 5) is 0. The standard InChI is InChI=1S/C17H17NO2/c19-11-16(13-6-2-1-3-7-13)18-10-14-12-20-17-9-5-4-8-15(14)17/h1-9,12,16,18-19H,10-11H2. The smallest absolute Gasteiger partial charge is 0.134 e. The molecule has 1 unspecified atom stereocenters. The Labute approximate surface area is 117 Å². The topological polar surface area (TPSA) is 45.4 Å². The van der Waals surface area contributed by atoms with E-state index in [4.69, 9.17) is 4.42 Å². The summed E-state index contributed by atoms with van der Waals surface area (Å²) in [6, 6.07) is 17.9. The van der Waals surface area contributed by atoms with Crippen molar-refractivity contribution in [3.05, 3.63) is 72.0 Å². The predicted octanol–water partition coefficient (Wildman–Crippen LogP) is 3.26. The molecule has 0 aliphatic rings. The number of benzene rings is 2. The van der Waals surface area contributed by atoms with Crippen LogP contribution >= 0.6 is 0 Å². The highest BCUT2D eigenvalue weighted by atomic mass is 16.3. The maximum Gasteiger partial charge on any atom is 0.134 e. The summed E-state index contributed by atoms with van der Waals surface area (Å²) in [6.07, 6.45) is 1.77. The molecule has 3 nitrogen and oxygen atoms in total. The lowest BCUT2D eigenvalue weighted by Crippen LogP contribution is -2.23. The van der Waals surface area contributed by atoms with E-state index in [2.05, 4.69) is 5.32 Å².